The van der Waals surface area contributed by atoms with Crippen LogP contribution in [0.3, 0.4) is 0 Å². The number of hydrogen-bond acceptors (Lipinski definition) is 2. The second-order valence-electron chi connectivity index (χ2n) is 7.86. The fourth-order valence-electron chi connectivity index (χ4n) is 3.41. The fraction of sp³-hybridized carbons (Fsp3) is 0.870. The van der Waals surface area contributed by atoms with Gasteiger partial charge in [-0.25, -0.2) is 4.79 Å². The van der Waals surface area contributed by atoms with Crippen LogP contribution in [0.15, 0.2) is 12.2 Å². The zero-order chi connectivity index (χ0) is 20.7. The Morgan fingerprint density at radius 1 is 0.750 bits per heavy atom. The van der Waals surface area contributed by atoms with Crippen LogP contribution in [0.4, 0.5) is 0 Å². The molecule has 166 valence electrons. The van der Waals surface area contributed by atoms with Gasteiger partial charge in [0.05, 0.1) is 6.61 Å². The van der Waals surface area contributed by atoms with Gasteiger partial charge < -0.3 is 4.74 Å². The fourth-order valence-corrected chi connectivity index (χ4v) is 7.00. The molecule has 2 nitrogen and oxygen atoms in total. The summed E-state index contributed by atoms with van der Waals surface area (Å²) in [6, 6.07) is 1.56. The van der Waals surface area contributed by atoms with E-state index in [1.807, 2.05) is 6.92 Å². The number of esters is 1. The van der Waals surface area contributed by atoms with Crippen molar-refractivity contribution in [2.45, 2.75) is 117 Å². The van der Waals surface area contributed by atoms with Gasteiger partial charge in [-0.1, -0.05) is 154 Å². The number of halogens is 2. The standard InChI is InChI=1S/C23H44I2O2Si/c1-2-19-22(26)27-20-17-15-13-11-9-7-5-3-4-6-8-10-12-14-16-18-21-28-23(24)25/h2,19,23H,3-18,20-21,28H2,1H3. The minimum absolute atomic E-state index is 0.208. The molecule has 0 spiro atoms. The number of unbranched alkanes of at least 4 members (excludes halogenated alkanes) is 15. The predicted octanol–water partition coefficient (Wildman–Crippen LogP) is 8.09. The number of rotatable bonds is 21. The molecule has 0 saturated heterocycles. The third-order valence-corrected chi connectivity index (χ3v) is 10.2. The van der Waals surface area contributed by atoms with Crippen LogP contribution in [0, 0.1) is 0 Å². The van der Waals surface area contributed by atoms with Crippen molar-refractivity contribution < 1.29 is 9.53 Å². The Labute approximate surface area is 204 Å². The summed E-state index contributed by atoms with van der Waals surface area (Å²) < 4.78 is 6.05. The third-order valence-electron chi connectivity index (χ3n) is 5.11. The molecule has 0 aliphatic carbocycles. The molecular formula is C23H44I2O2Si. The first-order valence-corrected chi connectivity index (χ1v) is 16.0. The lowest BCUT2D eigenvalue weighted by molar-refractivity contribution is -0.137. The first kappa shape index (κ1) is 28.9. The summed E-state index contributed by atoms with van der Waals surface area (Å²) in [4.78, 5) is 11.1. The zero-order valence-electron chi connectivity index (χ0n) is 18.2. The Hall–Kier alpha value is 0.887. The number of allylic oxidation sites excluding steroid dienone is 1. The second-order valence-corrected chi connectivity index (χ2v) is 18.7. The average molecular weight is 634 g/mol. The van der Waals surface area contributed by atoms with Gasteiger partial charge in [0.2, 0.25) is 0 Å². The lowest BCUT2D eigenvalue weighted by Crippen LogP contribution is -2.01. The van der Waals surface area contributed by atoms with E-state index in [0.29, 0.717) is 6.61 Å². The van der Waals surface area contributed by atoms with E-state index in [4.69, 9.17) is 4.74 Å². The molecule has 0 rings (SSSR count). The van der Waals surface area contributed by atoms with Gasteiger partial charge in [-0.3, -0.25) is 0 Å². The number of carbonyl (C=O) groups excluding carboxylic acids is 1. The van der Waals surface area contributed by atoms with E-state index in [2.05, 4.69) is 45.2 Å². The van der Waals surface area contributed by atoms with Gasteiger partial charge in [-0.2, -0.15) is 0 Å². The lowest BCUT2D eigenvalue weighted by atomic mass is 10.0. The van der Waals surface area contributed by atoms with E-state index in [1.165, 1.54) is 102 Å². The summed E-state index contributed by atoms with van der Waals surface area (Å²) in [5.74, 6) is -0.208. The molecule has 28 heavy (non-hydrogen) atoms. The summed E-state index contributed by atoms with van der Waals surface area (Å²) >= 11 is 5.17. The van der Waals surface area contributed by atoms with E-state index in [9.17, 15) is 4.79 Å². The number of alkyl halides is 2. The van der Waals surface area contributed by atoms with E-state index in [-0.39, 0.29) is 15.5 Å². The molecule has 0 amide bonds. The number of ether oxygens (including phenoxy) is 1. The van der Waals surface area contributed by atoms with Crippen molar-refractivity contribution in [2.75, 3.05) is 6.61 Å². The van der Waals surface area contributed by atoms with Gasteiger partial charge in [-0.15, -0.1) is 0 Å². The largest absolute Gasteiger partial charge is 0.463 e. The summed E-state index contributed by atoms with van der Waals surface area (Å²) in [5, 5.41) is 0. The van der Waals surface area contributed by atoms with Gasteiger partial charge in [-0.05, 0) is 13.3 Å². The van der Waals surface area contributed by atoms with Crippen LogP contribution >= 0.6 is 45.2 Å². The maximum atomic E-state index is 11.1. The Morgan fingerprint density at radius 3 is 1.54 bits per heavy atom. The smallest absolute Gasteiger partial charge is 0.330 e. The Bertz CT molecular complexity index is 363. The van der Waals surface area contributed by atoms with Gasteiger partial charge in [0.15, 0.2) is 0 Å². The van der Waals surface area contributed by atoms with Gasteiger partial charge in [0, 0.05) is 17.2 Å². The summed E-state index contributed by atoms with van der Waals surface area (Å²) in [6.45, 7) is 2.40. The van der Waals surface area contributed by atoms with Crippen molar-refractivity contribution >= 4 is 60.7 Å². The predicted molar refractivity (Wildman–Crippen MR) is 145 cm³/mol. The van der Waals surface area contributed by atoms with E-state index in [1.54, 1.807) is 12.1 Å². The number of carbonyl (C=O) groups is 1. The van der Waals surface area contributed by atoms with Crippen LogP contribution in [0.25, 0.3) is 0 Å². The van der Waals surface area contributed by atoms with Gasteiger partial charge in [0.1, 0.15) is 0 Å². The first-order chi connectivity index (χ1) is 13.7. The summed E-state index contributed by atoms with van der Waals surface area (Å²) in [6.07, 6.45) is 25.3. The second kappa shape index (κ2) is 24.2. The molecule has 0 bridgehead atoms. The molecule has 0 unspecified atom stereocenters. The molecule has 0 saturated carbocycles. The maximum absolute atomic E-state index is 11.1. The zero-order valence-corrected chi connectivity index (χ0v) is 24.0. The van der Waals surface area contributed by atoms with Crippen LogP contribution in [-0.2, 0) is 9.53 Å². The van der Waals surface area contributed by atoms with Crippen molar-refractivity contribution in [3.05, 3.63) is 12.2 Å². The van der Waals surface area contributed by atoms with Crippen LogP contribution in [0.2, 0.25) is 6.04 Å². The minimum atomic E-state index is -0.208. The Morgan fingerprint density at radius 2 is 1.14 bits per heavy atom. The molecule has 0 aliphatic heterocycles. The Kier molecular flexibility index (Phi) is 24.9. The van der Waals surface area contributed by atoms with Crippen molar-refractivity contribution in [2.24, 2.45) is 0 Å². The highest BCUT2D eigenvalue weighted by Crippen LogP contribution is 2.15. The highest BCUT2D eigenvalue weighted by atomic mass is 127. The molecule has 0 aliphatic rings. The molecule has 0 aromatic heterocycles. The number of hydrogen-bond donors (Lipinski definition) is 0. The monoisotopic (exact) mass is 634 g/mol. The SMILES string of the molecule is CC=CC(=O)OCCCCCCCCCCCCCCCCCC[SiH2]C(I)I. The highest BCUT2D eigenvalue weighted by Gasteiger charge is 1.99. The average Bonchev–Trinajstić information content (AvgIpc) is 2.66. The molecular weight excluding hydrogens is 590 g/mol. The first-order valence-electron chi connectivity index (χ1n) is 11.7. The van der Waals surface area contributed by atoms with E-state index < -0.39 is 0 Å². The molecule has 0 atom stereocenters. The maximum Gasteiger partial charge on any atom is 0.330 e. The highest BCUT2D eigenvalue weighted by molar-refractivity contribution is 14.2. The molecule has 0 aromatic carbocycles. The molecule has 0 aromatic rings. The van der Waals surface area contributed by atoms with Crippen LogP contribution in [0.5, 0.6) is 0 Å². The Balaban J connectivity index is 3.06. The van der Waals surface area contributed by atoms with Gasteiger partial charge >= 0.3 is 5.97 Å². The summed E-state index contributed by atoms with van der Waals surface area (Å²) in [5.41, 5.74) is 0. The molecule has 0 fully saturated rings. The van der Waals surface area contributed by atoms with Crippen molar-refractivity contribution in [3.8, 4) is 0 Å². The summed E-state index contributed by atoms with van der Waals surface area (Å²) in [7, 11) is 0.230. The third kappa shape index (κ3) is 24.9. The normalized spacial score (nSPS) is 12.0. The van der Waals surface area contributed by atoms with Crippen LogP contribution < -0.4 is 0 Å². The molecule has 0 heterocycles. The van der Waals surface area contributed by atoms with Crippen molar-refractivity contribution in [1.82, 2.24) is 0 Å². The van der Waals surface area contributed by atoms with Crippen LogP contribution in [-0.4, -0.2) is 23.7 Å². The van der Waals surface area contributed by atoms with Gasteiger partial charge in [0.25, 0.3) is 0 Å². The molecule has 0 radical (unpaired) electrons. The van der Waals surface area contributed by atoms with Crippen molar-refractivity contribution in [3.63, 3.8) is 0 Å². The molecule has 5 heteroatoms. The topological polar surface area (TPSA) is 26.3 Å². The van der Waals surface area contributed by atoms with Crippen molar-refractivity contribution in [1.29, 1.82) is 0 Å². The van der Waals surface area contributed by atoms with Crippen LogP contribution in [0.1, 0.15) is 110 Å². The quantitative estimate of drug-likeness (QED) is 0.0319. The van der Waals surface area contributed by atoms with E-state index >= 15 is 0 Å². The minimum Gasteiger partial charge on any atom is -0.463 e. The lowest BCUT2D eigenvalue weighted by Gasteiger charge is -2.04. The van der Waals surface area contributed by atoms with E-state index in [0.717, 1.165) is 7.98 Å². The molecule has 0 N–H and O–H groups in total.